The number of aliphatic hydroxyl groups excluding tert-OH is 13. The first-order chi connectivity index (χ1) is 26.6. The number of aliphatic hydroxyl groups is 15. The normalized spacial score (nSPS) is 51.7. The minimum atomic E-state index is -1.82. The quantitative estimate of drug-likeness (QED) is 0.0555. The summed E-state index contributed by atoms with van der Waals surface area (Å²) in [5.74, 6) is -2.15. The Morgan fingerprint density at radius 1 is 0.625 bits per heavy atom. The molecule has 0 aromatic carbocycles. The fraction of sp³-hybridized carbons (Fsp3) is 0.917. The van der Waals surface area contributed by atoms with Crippen LogP contribution in [0.1, 0.15) is 51.4 Å². The molecule has 322 valence electrons. The van der Waals surface area contributed by atoms with Crippen molar-refractivity contribution in [1.29, 1.82) is 0 Å². The molecule has 3 aliphatic heterocycles. The molecule has 6 fully saturated rings. The van der Waals surface area contributed by atoms with Crippen molar-refractivity contribution in [3.8, 4) is 0 Å². The van der Waals surface area contributed by atoms with Crippen LogP contribution in [0.2, 0.25) is 0 Å². The third-order valence-electron chi connectivity index (χ3n) is 12.4. The number of ether oxygens (including phenoxy) is 6. The number of carbonyl (C=O) groups is 1. The van der Waals surface area contributed by atoms with Crippen LogP contribution in [0.15, 0.2) is 12.2 Å². The number of allylic oxidation sites excluding steroid dienone is 1. The monoisotopic (exact) mass is 811 g/mol. The molecule has 20 heteroatoms. The topological polar surface area (TPSA) is 339 Å². The van der Waals surface area contributed by atoms with E-state index in [2.05, 4.69) is 0 Å². The summed E-state index contributed by atoms with van der Waals surface area (Å²) in [6.07, 6.45) is -22.2. The molecule has 0 amide bonds. The summed E-state index contributed by atoms with van der Waals surface area (Å²) in [5, 5.41) is 136. The fourth-order valence-electron chi connectivity index (χ4n) is 9.15. The number of hydrogen-bond acceptors (Lipinski definition) is 19. The van der Waals surface area contributed by atoms with Gasteiger partial charge in [0.2, 0.25) is 0 Å². The van der Waals surface area contributed by atoms with Gasteiger partial charge in [0, 0.05) is 24.8 Å². The highest BCUT2D eigenvalue weighted by Gasteiger charge is 2.57. The molecule has 0 aromatic rings. The van der Waals surface area contributed by atoms with Crippen LogP contribution >= 0.6 is 0 Å². The van der Waals surface area contributed by atoms with Gasteiger partial charge in [0.25, 0.3) is 0 Å². The number of esters is 1. The number of hydrogen-bond donors (Lipinski definition) is 13. The highest BCUT2D eigenvalue weighted by Crippen LogP contribution is 2.44. The molecule has 3 saturated carbocycles. The van der Waals surface area contributed by atoms with Gasteiger partial charge in [-0.25, -0.2) is 4.79 Å². The van der Waals surface area contributed by atoms with Gasteiger partial charge in [-0.05, 0) is 44.4 Å². The molecule has 3 heterocycles. The predicted molar refractivity (Wildman–Crippen MR) is 184 cm³/mol. The summed E-state index contributed by atoms with van der Waals surface area (Å²) in [7, 11) is 0. The third kappa shape index (κ3) is 9.75. The molecule has 0 radical (unpaired) electrons. The van der Waals surface area contributed by atoms with Gasteiger partial charge in [-0.2, -0.15) is 0 Å². The summed E-state index contributed by atoms with van der Waals surface area (Å²) < 4.78 is 34.2. The maximum Gasteiger partial charge on any atom is 0.330 e. The molecular formula is C36H59O20+. The average molecular weight is 812 g/mol. The van der Waals surface area contributed by atoms with Crippen molar-refractivity contribution in [2.45, 2.75) is 174 Å². The molecule has 0 aromatic heterocycles. The molecule has 3 aliphatic carbocycles. The average Bonchev–Trinajstić information content (AvgIpc) is 3.16. The molecule has 11 unspecified atom stereocenters. The lowest BCUT2D eigenvalue weighted by molar-refractivity contribution is -0.368. The maximum absolute atomic E-state index is 12.6. The second-order valence-corrected chi connectivity index (χ2v) is 16.3. The minimum Gasteiger partial charge on any atom is -0.460 e. The summed E-state index contributed by atoms with van der Waals surface area (Å²) >= 11 is 0. The van der Waals surface area contributed by atoms with Crippen molar-refractivity contribution in [3.05, 3.63) is 12.2 Å². The Hall–Kier alpha value is -1.51. The van der Waals surface area contributed by atoms with Crippen LogP contribution in [0.25, 0.3) is 0 Å². The van der Waals surface area contributed by atoms with Crippen LogP contribution in [0.4, 0.5) is 0 Å². The smallest absolute Gasteiger partial charge is 0.330 e. The lowest BCUT2D eigenvalue weighted by Gasteiger charge is -2.50. The largest absolute Gasteiger partial charge is 0.460 e. The van der Waals surface area contributed by atoms with E-state index < -0.39 is 153 Å². The second-order valence-electron chi connectivity index (χ2n) is 16.3. The molecule has 20 nitrogen and oxygen atoms in total. The van der Waals surface area contributed by atoms with Gasteiger partial charge in [0.05, 0.1) is 49.1 Å². The van der Waals surface area contributed by atoms with Crippen molar-refractivity contribution in [2.24, 2.45) is 17.8 Å². The van der Waals surface area contributed by atoms with Crippen LogP contribution in [0.5, 0.6) is 0 Å². The van der Waals surface area contributed by atoms with E-state index in [0.717, 1.165) is 6.08 Å². The maximum atomic E-state index is 12.6. The van der Waals surface area contributed by atoms with Gasteiger partial charge >= 0.3 is 5.97 Å². The summed E-state index contributed by atoms with van der Waals surface area (Å²) in [6.45, 7) is -1.25. The molecule has 21 atom stereocenters. The Balaban J connectivity index is 1.18. The Kier molecular flexibility index (Phi) is 14.8. The number of carbonyl (C=O) groups excluding carboxylic acids is 1. The first kappa shape index (κ1) is 44.1. The Morgan fingerprint density at radius 2 is 1.23 bits per heavy atom. The summed E-state index contributed by atoms with van der Waals surface area (Å²) in [6, 6.07) is 0. The molecule has 0 spiro atoms. The van der Waals surface area contributed by atoms with Gasteiger partial charge in [-0.15, -0.1) is 0 Å². The Bertz CT molecular complexity index is 1290. The van der Waals surface area contributed by atoms with Crippen molar-refractivity contribution in [3.63, 3.8) is 0 Å². The lowest BCUT2D eigenvalue weighted by atomic mass is 9.72. The predicted octanol–water partition coefficient (Wildman–Crippen LogP) is -6.08. The van der Waals surface area contributed by atoms with E-state index >= 15 is 0 Å². The van der Waals surface area contributed by atoms with E-state index in [0.29, 0.717) is 12.8 Å². The van der Waals surface area contributed by atoms with Gasteiger partial charge in [-0.1, -0.05) is 6.08 Å². The van der Waals surface area contributed by atoms with E-state index in [9.17, 15) is 71.2 Å². The van der Waals surface area contributed by atoms with Crippen molar-refractivity contribution < 1.29 is 99.6 Å². The first-order valence-corrected chi connectivity index (χ1v) is 19.5. The number of fused-ring (bicyclic) bond motifs is 1. The third-order valence-corrected chi connectivity index (χ3v) is 12.4. The number of rotatable bonds is 10. The second kappa shape index (κ2) is 18.8. The zero-order valence-electron chi connectivity index (χ0n) is 30.7. The molecule has 6 rings (SSSR count). The molecule has 3 saturated heterocycles. The van der Waals surface area contributed by atoms with Crippen LogP contribution in [0.3, 0.4) is 0 Å². The van der Waals surface area contributed by atoms with Gasteiger partial charge in [-0.3, -0.25) is 0 Å². The van der Waals surface area contributed by atoms with E-state index in [1.54, 1.807) is 6.08 Å². The van der Waals surface area contributed by atoms with Crippen LogP contribution in [0, 0.1) is 17.8 Å². The molecular weight excluding hydrogens is 752 g/mol. The highest BCUT2D eigenvalue weighted by molar-refractivity contribution is 5.81. The van der Waals surface area contributed by atoms with Crippen molar-refractivity contribution >= 4 is 5.97 Å². The molecule has 56 heavy (non-hydrogen) atoms. The zero-order valence-corrected chi connectivity index (χ0v) is 30.7. The van der Waals surface area contributed by atoms with E-state index in [1.807, 2.05) is 0 Å². The fourth-order valence-corrected chi connectivity index (χ4v) is 9.15. The van der Waals surface area contributed by atoms with E-state index in [-0.39, 0.29) is 44.4 Å². The first-order valence-electron chi connectivity index (χ1n) is 19.5. The standard InChI is InChI=1S/C36H58O20/c37-11-24-28(45)30(47)32(49)35(55-24)53-22-9-15(38)8-21-16(22)10-23(34(52-21)14-6-19(41)27(44)20(42)7-14)54-36-33(50)31(48)29(46)25(56-36)12-51-26(43)4-2-13-1-3-17(39)18(40)5-13/h2,4,13-25,27-42,44-50H,1,3,5-12H2/p+1/t13?,14?,15?,16?,17?,18?,19?,20?,21?,22?,23?,24-,25-,27?,28-,29-,30-,31-,32-,33-,34?,35-,36-/m0/s1. The lowest BCUT2D eigenvalue weighted by Crippen LogP contribution is -2.64. The Morgan fingerprint density at radius 3 is 1.86 bits per heavy atom. The highest BCUT2D eigenvalue weighted by atomic mass is 16.7. The molecule has 14 N–H and O–H groups in total. The van der Waals surface area contributed by atoms with Crippen molar-refractivity contribution in [1.82, 2.24) is 0 Å². The Labute approximate surface area is 322 Å². The minimum absolute atomic E-state index is 0.00109. The molecule has 0 bridgehead atoms. The van der Waals surface area contributed by atoms with Gasteiger partial charge in [0.15, 0.2) is 24.8 Å². The van der Waals surface area contributed by atoms with Crippen molar-refractivity contribution in [2.75, 3.05) is 13.2 Å². The SMILES string of the molecule is O=C(C=CC1CCC(O)C(O)C1)OC[C@@H]1O[C@H](OC2CC3C(O[C@H]4O[C@@H](CO)[C@H](O)[C@H](O)[C@@H]4O)CC(O)CC3[OH+]C2C2CC(O)C(O)C(O)C2)[C@@H](O)[C@@H](O)[C@H]1O. The van der Waals surface area contributed by atoms with E-state index in [4.69, 9.17) is 28.4 Å². The zero-order chi connectivity index (χ0) is 40.6. The van der Waals surface area contributed by atoms with Gasteiger partial charge < -0.3 is 94.8 Å². The van der Waals surface area contributed by atoms with Crippen LogP contribution in [-0.2, 0) is 28.5 Å². The summed E-state index contributed by atoms with van der Waals surface area (Å²) in [5.41, 5.74) is 0. The van der Waals surface area contributed by atoms with E-state index in [1.165, 1.54) is 0 Å². The summed E-state index contributed by atoms with van der Waals surface area (Å²) in [4.78, 5) is 12.6. The van der Waals surface area contributed by atoms with Crippen LogP contribution in [-0.4, -0.2) is 213 Å². The van der Waals surface area contributed by atoms with Gasteiger partial charge in [0.1, 0.15) is 67.6 Å². The molecule has 6 aliphatic rings. The van der Waals surface area contributed by atoms with Crippen LogP contribution < -0.4 is 0 Å².